The number of rotatable bonds is 2. The first kappa shape index (κ1) is 19.7. The van der Waals surface area contributed by atoms with E-state index < -0.39 is 0 Å². The van der Waals surface area contributed by atoms with Crippen LogP contribution >= 0.6 is 0 Å². The summed E-state index contributed by atoms with van der Waals surface area (Å²) in [6.07, 6.45) is 0. The Hall–Kier alpha value is -2.36. The quantitative estimate of drug-likeness (QED) is 0.704. The van der Waals surface area contributed by atoms with Crippen LogP contribution in [0, 0.1) is 25.5 Å². The van der Waals surface area contributed by atoms with E-state index in [2.05, 4.69) is 6.58 Å². The predicted molar refractivity (Wildman–Crippen MR) is 99.9 cm³/mol. The van der Waals surface area contributed by atoms with Crippen molar-refractivity contribution in [2.75, 3.05) is 11.5 Å². The van der Waals surface area contributed by atoms with Crippen molar-refractivity contribution in [3.05, 3.63) is 64.7 Å². The van der Waals surface area contributed by atoms with Crippen LogP contribution in [0.5, 0.6) is 0 Å². The first-order valence-electron chi connectivity index (χ1n) is 7.81. The van der Waals surface area contributed by atoms with Gasteiger partial charge in [-0.2, -0.15) is 0 Å². The van der Waals surface area contributed by atoms with E-state index in [1.165, 1.54) is 12.1 Å². The lowest BCUT2D eigenvalue weighted by Gasteiger charge is -2.10. The maximum Gasteiger partial charge on any atom is 0.126 e. The SMILES string of the molecule is C=C(C)c1cc(F)c(C)cc1N.Cc1cc(N)c(C(C)C)cc1F. The van der Waals surface area contributed by atoms with Crippen LogP contribution in [-0.2, 0) is 0 Å². The Morgan fingerprint density at radius 3 is 1.83 bits per heavy atom. The van der Waals surface area contributed by atoms with Crippen molar-refractivity contribution in [1.82, 2.24) is 0 Å². The topological polar surface area (TPSA) is 52.0 Å². The summed E-state index contributed by atoms with van der Waals surface area (Å²) in [5.74, 6) is -0.129. The molecule has 0 aliphatic rings. The van der Waals surface area contributed by atoms with E-state index in [1.54, 1.807) is 32.9 Å². The maximum atomic E-state index is 13.1. The van der Waals surface area contributed by atoms with Gasteiger partial charge in [0.25, 0.3) is 0 Å². The van der Waals surface area contributed by atoms with Gasteiger partial charge in [-0.1, -0.05) is 20.4 Å². The standard InChI is InChI=1S/C10H14FN.C10H12FN/c2*1-6(2)8-5-9(11)7(3)4-10(8)12/h4-6H,12H2,1-3H3;4-5H,1,12H2,2-3H3. The van der Waals surface area contributed by atoms with Gasteiger partial charge >= 0.3 is 0 Å². The molecule has 0 saturated carbocycles. The number of halogens is 2. The molecule has 0 radical (unpaired) electrons. The van der Waals surface area contributed by atoms with Crippen LogP contribution in [0.25, 0.3) is 5.57 Å². The van der Waals surface area contributed by atoms with Gasteiger partial charge < -0.3 is 11.5 Å². The van der Waals surface area contributed by atoms with Crippen LogP contribution in [0.15, 0.2) is 30.8 Å². The molecule has 0 heterocycles. The van der Waals surface area contributed by atoms with Gasteiger partial charge in [0.1, 0.15) is 11.6 Å². The van der Waals surface area contributed by atoms with E-state index in [-0.39, 0.29) is 17.6 Å². The van der Waals surface area contributed by atoms with Gasteiger partial charge in [-0.25, -0.2) is 8.78 Å². The highest BCUT2D eigenvalue weighted by molar-refractivity contribution is 5.72. The molecule has 0 unspecified atom stereocenters. The van der Waals surface area contributed by atoms with Crippen molar-refractivity contribution in [2.45, 2.75) is 40.5 Å². The Balaban J connectivity index is 0.000000240. The molecule has 2 rings (SSSR count). The molecule has 0 bridgehead atoms. The molecule has 0 spiro atoms. The summed E-state index contributed by atoms with van der Waals surface area (Å²) in [4.78, 5) is 0. The summed E-state index contributed by atoms with van der Waals surface area (Å²) in [5.41, 5.74) is 16.2. The molecule has 0 aliphatic heterocycles. The molecule has 0 atom stereocenters. The van der Waals surface area contributed by atoms with Crippen molar-refractivity contribution in [2.24, 2.45) is 0 Å². The summed E-state index contributed by atoms with van der Waals surface area (Å²) < 4.78 is 26.1. The number of aryl methyl sites for hydroxylation is 2. The van der Waals surface area contributed by atoms with Crippen LogP contribution in [-0.4, -0.2) is 0 Å². The average Bonchev–Trinajstić information content (AvgIpc) is 2.46. The number of nitrogens with two attached hydrogens (primary N) is 2. The highest BCUT2D eigenvalue weighted by atomic mass is 19.1. The van der Waals surface area contributed by atoms with Gasteiger partial charge in [0, 0.05) is 16.9 Å². The summed E-state index contributed by atoms with van der Waals surface area (Å²) in [5, 5.41) is 0. The zero-order valence-electron chi connectivity index (χ0n) is 15.0. The molecule has 130 valence electrons. The predicted octanol–water partition coefficient (Wildman–Crippen LogP) is 5.59. The van der Waals surface area contributed by atoms with Crippen molar-refractivity contribution >= 4 is 16.9 Å². The van der Waals surface area contributed by atoms with Crippen molar-refractivity contribution < 1.29 is 8.78 Å². The Bertz CT molecular complexity index is 750. The minimum absolute atomic E-state index is 0.173. The maximum absolute atomic E-state index is 13.1. The number of hydrogen-bond donors (Lipinski definition) is 2. The lowest BCUT2D eigenvalue weighted by molar-refractivity contribution is 0.614. The molecule has 0 aliphatic carbocycles. The highest BCUT2D eigenvalue weighted by Crippen LogP contribution is 2.24. The minimum Gasteiger partial charge on any atom is -0.398 e. The summed E-state index contributed by atoms with van der Waals surface area (Å²) in [6.45, 7) is 12.9. The van der Waals surface area contributed by atoms with Crippen LogP contribution in [0.2, 0.25) is 0 Å². The molecule has 0 aromatic heterocycles. The van der Waals surface area contributed by atoms with Crippen molar-refractivity contribution in [3.8, 4) is 0 Å². The monoisotopic (exact) mass is 332 g/mol. The smallest absolute Gasteiger partial charge is 0.126 e. The van der Waals surface area contributed by atoms with Gasteiger partial charge in [0.05, 0.1) is 0 Å². The number of nitrogen functional groups attached to an aromatic ring is 2. The molecule has 0 saturated heterocycles. The zero-order chi connectivity index (χ0) is 18.6. The zero-order valence-corrected chi connectivity index (χ0v) is 15.0. The van der Waals surface area contributed by atoms with E-state index in [4.69, 9.17) is 11.5 Å². The van der Waals surface area contributed by atoms with Crippen LogP contribution in [0.3, 0.4) is 0 Å². The van der Waals surface area contributed by atoms with E-state index in [9.17, 15) is 8.78 Å². The lowest BCUT2D eigenvalue weighted by Crippen LogP contribution is -1.98. The first-order chi connectivity index (χ1) is 11.0. The summed E-state index contributed by atoms with van der Waals surface area (Å²) in [7, 11) is 0. The molecular formula is C20H26F2N2. The molecule has 24 heavy (non-hydrogen) atoms. The summed E-state index contributed by atoms with van der Waals surface area (Å²) >= 11 is 0. The Labute approximate surface area is 143 Å². The second-order valence-corrected chi connectivity index (χ2v) is 6.35. The van der Waals surface area contributed by atoms with E-state index in [1.807, 2.05) is 13.8 Å². The number of allylic oxidation sites excluding steroid dienone is 1. The molecule has 4 N–H and O–H groups in total. The highest BCUT2D eigenvalue weighted by Gasteiger charge is 2.07. The van der Waals surface area contributed by atoms with Crippen molar-refractivity contribution in [1.29, 1.82) is 0 Å². The Morgan fingerprint density at radius 2 is 1.38 bits per heavy atom. The normalized spacial score (nSPS) is 10.3. The average molecular weight is 332 g/mol. The fourth-order valence-corrected chi connectivity index (χ4v) is 2.29. The molecule has 0 amide bonds. The number of hydrogen-bond acceptors (Lipinski definition) is 2. The van der Waals surface area contributed by atoms with Crippen LogP contribution in [0.1, 0.15) is 48.9 Å². The first-order valence-corrected chi connectivity index (χ1v) is 7.81. The van der Waals surface area contributed by atoms with Gasteiger partial charge in [-0.05, 0) is 73.2 Å². The third kappa shape index (κ3) is 4.82. The Morgan fingerprint density at radius 1 is 0.917 bits per heavy atom. The second kappa shape index (κ2) is 7.95. The molecule has 2 aromatic rings. The molecule has 4 heteroatoms. The second-order valence-electron chi connectivity index (χ2n) is 6.35. The third-order valence-electron chi connectivity index (χ3n) is 3.78. The van der Waals surface area contributed by atoms with Crippen LogP contribution in [0.4, 0.5) is 20.2 Å². The summed E-state index contributed by atoms with van der Waals surface area (Å²) in [6, 6.07) is 6.26. The molecule has 0 fully saturated rings. The van der Waals surface area contributed by atoms with E-state index in [0.717, 1.165) is 11.1 Å². The fourth-order valence-electron chi connectivity index (χ4n) is 2.29. The largest absolute Gasteiger partial charge is 0.398 e. The van der Waals surface area contributed by atoms with E-state index in [0.29, 0.717) is 28.1 Å². The molecule has 2 nitrogen and oxygen atoms in total. The molecular weight excluding hydrogens is 306 g/mol. The lowest BCUT2D eigenvalue weighted by atomic mass is 9.99. The van der Waals surface area contributed by atoms with Gasteiger partial charge in [0.15, 0.2) is 0 Å². The Kier molecular flexibility index (Phi) is 6.52. The minimum atomic E-state index is -0.234. The van der Waals surface area contributed by atoms with Gasteiger partial charge in [-0.3, -0.25) is 0 Å². The van der Waals surface area contributed by atoms with Crippen LogP contribution < -0.4 is 11.5 Å². The third-order valence-corrected chi connectivity index (χ3v) is 3.78. The number of benzene rings is 2. The number of anilines is 2. The van der Waals surface area contributed by atoms with E-state index >= 15 is 0 Å². The van der Waals surface area contributed by atoms with Gasteiger partial charge in [-0.15, -0.1) is 0 Å². The van der Waals surface area contributed by atoms with Gasteiger partial charge in [0.2, 0.25) is 0 Å². The van der Waals surface area contributed by atoms with Crippen molar-refractivity contribution in [3.63, 3.8) is 0 Å². The fraction of sp³-hybridized carbons (Fsp3) is 0.300. The molecule has 2 aromatic carbocycles.